The molecule has 0 bridgehead atoms. The van der Waals surface area contributed by atoms with Gasteiger partial charge in [0.25, 0.3) is 0 Å². The highest BCUT2D eigenvalue weighted by molar-refractivity contribution is 6.06. The lowest BCUT2D eigenvalue weighted by Gasteiger charge is -2.31. The molecule has 10 heteroatoms. The number of carbonyl (C=O) groups is 2. The van der Waals surface area contributed by atoms with Crippen molar-refractivity contribution < 1.29 is 9.59 Å². The van der Waals surface area contributed by atoms with E-state index in [9.17, 15) is 9.59 Å². The van der Waals surface area contributed by atoms with Gasteiger partial charge in [-0.1, -0.05) is 62.7 Å². The highest BCUT2D eigenvalue weighted by Crippen LogP contribution is 2.37. The van der Waals surface area contributed by atoms with Crippen molar-refractivity contribution in [2.75, 3.05) is 29.0 Å². The fourth-order valence-electron chi connectivity index (χ4n) is 6.46. The molecule has 1 unspecified atom stereocenters. The average Bonchev–Trinajstić information content (AvgIpc) is 3.50. The fourth-order valence-corrected chi connectivity index (χ4v) is 6.46. The van der Waals surface area contributed by atoms with Crippen molar-refractivity contribution >= 4 is 35.0 Å². The Kier molecular flexibility index (Phi) is 10.1. The van der Waals surface area contributed by atoms with Crippen molar-refractivity contribution in [1.29, 1.82) is 0 Å². The van der Waals surface area contributed by atoms with Gasteiger partial charge >= 0.3 is 6.03 Å². The van der Waals surface area contributed by atoms with Gasteiger partial charge in [0, 0.05) is 34.1 Å². The Morgan fingerprint density at radius 3 is 2.16 bits per heavy atom. The number of carbonyl (C=O) groups excluding carboxylic acids is 2. The summed E-state index contributed by atoms with van der Waals surface area (Å²) in [4.78, 5) is 36.9. The van der Waals surface area contributed by atoms with Gasteiger partial charge in [0.1, 0.15) is 5.82 Å². The van der Waals surface area contributed by atoms with E-state index in [-0.39, 0.29) is 29.1 Å². The van der Waals surface area contributed by atoms with Crippen LogP contribution in [0.2, 0.25) is 0 Å². The van der Waals surface area contributed by atoms with Crippen LogP contribution in [0.4, 0.5) is 27.9 Å². The summed E-state index contributed by atoms with van der Waals surface area (Å²) in [5, 5.41) is 17.5. The first-order valence-electron chi connectivity index (χ1n) is 17.2. The quantitative estimate of drug-likeness (QED) is 0.116. The molecule has 1 fully saturated rings. The van der Waals surface area contributed by atoms with Crippen LogP contribution in [-0.4, -0.2) is 44.7 Å². The number of hydrogen-bond acceptors (Lipinski definition) is 7. The molecule has 0 aliphatic carbocycles. The lowest BCUT2D eigenvalue weighted by molar-refractivity contribution is 0.0917. The highest BCUT2D eigenvalue weighted by atomic mass is 16.2. The predicted octanol–water partition coefficient (Wildman–Crippen LogP) is 8.24. The van der Waals surface area contributed by atoms with Crippen LogP contribution in [-0.2, 0) is 5.41 Å². The van der Waals surface area contributed by atoms with Gasteiger partial charge in [0.05, 0.1) is 23.0 Å². The molecule has 3 aromatic carbocycles. The largest absolute Gasteiger partial charge is 0.324 e. The maximum atomic E-state index is 14.5. The van der Waals surface area contributed by atoms with Crippen molar-refractivity contribution in [1.82, 2.24) is 25.1 Å². The number of anilines is 4. The van der Waals surface area contributed by atoms with Gasteiger partial charge in [-0.3, -0.25) is 10.1 Å². The molecular weight excluding hydrogens is 624 g/mol. The van der Waals surface area contributed by atoms with Crippen molar-refractivity contribution in [3.05, 3.63) is 119 Å². The van der Waals surface area contributed by atoms with Crippen LogP contribution in [0.3, 0.4) is 0 Å². The molecule has 1 aliphatic heterocycles. The Balaban J connectivity index is 1.23. The molecule has 2 aromatic heterocycles. The molecule has 3 heterocycles. The number of hydrogen-bond donors (Lipinski definition) is 4. The molecule has 1 saturated heterocycles. The monoisotopic (exact) mass is 670 g/mol. The number of aryl methyl sites for hydroxylation is 3. The summed E-state index contributed by atoms with van der Waals surface area (Å²) in [7, 11) is 0. The Morgan fingerprint density at radius 2 is 1.50 bits per heavy atom. The zero-order valence-electron chi connectivity index (χ0n) is 29.7. The summed E-state index contributed by atoms with van der Waals surface area (Å²) in [6, 6.07) is 26.7. The van der Waals surface area contributed by atoms with Gasteiger partial charge in [0.15, 0.2) is 5.78 Å². The topological polar surface area (TPSA) is 126 Å². The molecule has 50 heavy (non-hydrogen) atoms. The van der Waals surface area contributed by atoms with Crippen molar-refractivity contribution in [2.45, 2.75) is 65.7 Å². The van der Waals surface area contributed by atoms with E-state index in [1.807, 2.05) is 106 Å². The van der Waals surface area contributed by atoms with Crippen LogP contribution in [0.25, 0.3) is 5.69 Å². The number of urea groups is 1. The molecule has 1 atom stereocenters. The smallest absolute Gasteiger partial charge is 0.323 e. The number of amides is 2. The second-order valence-corrected chi connectivity index (χ2v) is 14.2. The van der Waals surface area contributed by atoms with E-state index >= 15 is 0 Å². The SMILES string of the molecule is Cc1ccc(-n2nc(C(C)(C)C)cc2NC(=O)Nc2ccc(C(C(=O)c3ccccc3Nc3nc(C)cc(C)n3)C3CCNCC3)cc2)cc1. The molecule has 0 spiro atoms. The molecule has 1 aliphatic rings. The second-order valence-electron chi connectivity index (χ2n) is 14.2. The summed E-state index contributed by atoms with van der Waals surface area (Å²) >= 11 is 0. The van der Waals surface area contributed by atoms with E-state index < -0.39 is 0 Å². The average molecular weight is 671 g/mol. The molecule has 0 saturated carbocycles. The summed E-state index contributed by atoms with van der Waals surface area (Å²) in [5.41, 5.74) is 7.18. The fraction of sp³-hybridized carbons (Fsp3) is 0.325. The number of Topliss-reactive ketones (excluding diaryl/α,β-unsaturated/α-hetero) is 1. The van der Waals surface area contributed by atoms with Gasteiger partial charge in [-0.25, -0.2) is 19.4 Å². The van der Waals surface area contributed by atoms with Gasteiger partial charge in [-0.15, -0.1) is 0 Å². The third kappa shape index (κ3) is 8.09. The molecular formula is C40H46N8O2. The number of para-hydroxylation sites is 1. The Labute approximate surface area is 294 Å². The van der Waals surface area contributed by atoms with E-state index in [4.69, 9.17) is 5.10 Å². The van der Waals surface area contributed by atoms with Crippen LogP contribution < -0.4 is 21.3 Å². The highest BCUT2D eigenvalue weighted by Gasteiger charge is 2.33. The number of benzene rings is 3. The second kappa shape index (κ2) is 14.6. The Bertz CT molecular complexity index is 1950. The van der Waals surface area contributed by atoms with Crippen molar-refractivity contribution in [2.24, 2.45) is 5.92 Å². The summed E-state index contributed by atoms with van der Waals surface area (Å²) < 4.78 is 1.76. The summed E-state index contributed by atoms with van der Waals surface area (Å²) in [5.74, 6) is 0.884. The van der Waals surface area contributed by atoms with Crippen LogP contribution in [0.5, 0.6) is 0 Å². The zero-order chi connectivity index (χ0) is 35.4. The van der Waals surface area contributed by atoms with E-state index in [0.29, 0.717) is 28.7 Å². The van der Waals surface area contributed by atoms with Gasteiger partial charge in [-0.2, -0.15) is 5.10 Å². The molecule has 4 N–H and O–H groups in total. The maximum Gasteiger partial charge on any atom is 0.324 e. The minimum absolute atomic E-state index is 0.0434. The minimum atomic E-state index is -0.383. The summed E-state index contributed by atoms with van der Waals surface area (Å²) in [6.07, 6.45) is 1.78. The van der Waals surface area contributed by atoms with Crippen LogP contribution >= 0.6 is 0 Å². The molecule has 5 aromatic rings. The van der Waals surface area contributed by atoms with E-state index in [1.54, 1.807) is 4.68 Å². The molecule has 6 rings (SSSR count). The first kappa shape index (κ1) is 34.5. The number of piperidine rings is 1. The van der Waals surface area contributed by atoms with Gasteiger partial charge < -0.3 is 16.0 Å². The normalized spacial score (nSPS) is 14.2. The number of rotatable bonds is 9. The first-order valence-corrected chi connectivity index (χ1v) is 17.2. The van der Waals surface area contributed by atoms with Crippen LogP contribution in [0.15, 0.2) is 84.9 Å². The number of nitrogens with zero attached hydrogens (tertiary/aromatic N) is 4. The molecule has 10 nitrogen and oxygen atoms in total. The number of nitrogens with one attached hydrogen (secondary N) is 4. The van der Waals surface area contributed by atoms with E-state index in [0.717, 1.165) is 59.8 Å². The number of ketones is 1. The van der Waals surface area contributed by atoms with Gasteiger partial charge in [0.2, 0.25) is 5.95 Å². The van der Waals surface area contributed by atoms with Crippen LogP contribution in [0, 0.1) is 26.7 Å². The summed E-state index contributed by atoms with van der Waals surface area (Å²) in [6.45, 7) is 13.9. The molecule has 2 amide bonds. The van der Waals surface area contributed by atoms with Crippen molar-refractivity contribution in [3.63, 3.8) is 0 Å². The third-order valence-electron chi connectivity index (χ3n) is 9.08. The van der Waals surface area contributed by atoms with Crippen LogP contribution in [0.1, 0.15) is 78.1 Å². The molecule has 0 radical (unpaired) electrons. The zero-order valence-corrected chi connectivity index (χ0v) is 29.7. The number of aromatic nitrogens is 4. The Hall–Kier alpha value is -5.35. The lowest BCUT2D eigenvalue weighted by atomic mass is 9.76. The maximum absolute atomic E-state index is 14.5. The minimum Gasteiger partial charge on any atom is -0.323 e. The first-order chi connectivity index (χ1) is 23.9. The molecule has 258 valence electrons. The van der Waals surface area contributed by atoms with E-state index in [2.05, 4.69) is 52.0 Å². The van der Waals surface area contributed by atoms with Gasteiger partial charge in [-0.05, 0) is 101 Å². The Morgan fingerprint density at radius 1 is 0.840 bits per heavy atom. The predicted molar refractivity (Wildman–Crippen MR) is 200 cm³/mol. The van der Waals surface area contributed by atoms with E-state index in [1.165, 1.54) is 0 Å². The van der Waals surface area contributed by atoms with Crippen molar-refractivity contribution in [3.8, 4) is 5.69 Å². The lowest BCUT2D eigenvalue weighted by Crippen LogP contribution is -2.34. The third-order valence-corrected chi connectivity index (χ3v) is 9.08. The standard InChI is InChI=1S/C40H46N8O2/c1-25-11-17-31(18-12-25)48-35(24-34(47-48)40(4,5)6)46-39(50)44-30-15-13-28(14-16-30)36(29-19-21-41-22-20-29)37(49)32-9-7-8-10-33(32)45-38-42-26(2)23-27(3)43-38/h7-18,23-24,29,36,41H,19-22H2,1-6H3,(H,42,43,45)(H2,44,46,50).